The molecule has 0 aliphatic heterocycles. The topological polar surface area (TPSA) is 186 Å². The Hall–Kier alpha value is -4.35. The smallest absolute Gasteiger partial charge is 0.267 e. The summed E-state index contributed by atoms with van der Waals surface area (Å²) in [6.45, 7) is 3.57. The number of carbonyl (C=O) groups is 2. The van der Waals surface area contributed by atoms with Crippen LogP contribution in [-0.4, -0.2) is 37.7 Å². The van der Waals surface area contributed by atoms with Crippen molar-refractivity contribution >= 4 is 35.0 Å². The van der Waals surface area contributed by atoms with Gasteiger partial charge in [-0.05, 0) is 30.2 Å². The number of carbonyl (C=O) groups excluding carboxylic acids is 2. The van der Waals surface area contributed by atoms with Crippen LogP contribution in [0.2, 0.25) is 0 Å². The number of benzene rings is 1. The molecular weight excluding hydrogens is 402 g/mol. The lowest BCUT2D eigenvalue weighted by atomic mass is 10.0. The Kier molecular flexibility index (Phi) is 6.19. The van der Waals surface area contributed by atoms with Crippen molar-refractivity contribution in [2.75, 3.05) is 16.1 Å². The fourth-order valence-corrected chi connectivity index (χ4v) is 2.84. The molecule has 2 heterocycles. The van der Waals surface area contributed by atoms with Crippen molar-refractivity contribution in [1.29, 1.82) is 0 Å². The summed E-state index contributed by atoms with van der Waals surface area (Å²) in [5, 5.41) is 9.79. The van der Waals surface area contributed by atoms with Crippen LogP contribution in [0.5, 0.6) is 0 Å². The van der Waals surface area contributed by atoms with Crippen molar-refractivity contribution in [3.63, 3.8) is 0 Å². The molecule has 0 unspecified atom stereocenters. The van der Waals surface area contributed by atoms with Crippen molar-refractivity contribution in [2.24, 2.45) is 17.4 Å². The van der Waals surface area contributed by atoms with Crippen LogP contribution in [0.4, 0.5) is 23.1 Å². The van der Waals surface area contributed by atoms with E-state index in [-0.39, 0.29) is 23.2 Å². The molecule has 162 valence electrons. The Morgan fingerprint density at radius 1 is 1.16 bits per heavy atom. The first kappa shape index (κ1) is 21.4. The molecule has 0 bridgehead atoms. The summed E-state index contributed by atoms with van der Waals surface area (Å²) < 4.78 is 0. The van der Waals surface area contributed by atoms with Gasteiger partial charge in [-0.25, -0.2) is 0 Å². The van der Waals surface area contributed by atoms with Crippen LogP contribution < -0.4 is 33.1 Å². The summed E-state index contributed by atoms with van der Waals surface area (Å²) in [4.78, 5) is 44.2. The monoisotopic (exact) mass is 425 g/mol. The van der Waals surface area contributed by atoms with E-state index in [1.165, 1.54) is 4.79 Å². The van der Waals surface area contributed by atoms with Gasteiger partial charge in [0.15, 0.2) is 5.82 Å². The average Bonchev–Trinajstić information content (AvgIpc) is 3.18. The molecular formula is C19H23N9O3. The number of aromatic nitrogens is 4. The number of nitrogens with one attached hydrogen (secondary N) is 4. The first-order valence-electron chi connectivity index (χ1n) is 9.38. The van der Waals surface area contributed by atoms with Crippen LogP contribution in [0, 0.1) is 5.92 Å². The highest BCUT2D eigenvalue weighted by Crippen LogP contribution is 2.21. The molecule has 0 saturated carbocycles. The maximum Gasteiger partial charge on any atom is 0.267 e. The molecule has 1 aromatic carbocycles. The lowest BCUT2D eigenvalue weighted by molar-refractivity contribution is -0.119. The van der Waals surface area contributed by atoms with Gasteiger partial charge in [0, 0.05) is 11.9 Å². The first-order chi connectivity index (χ1) is 14.7. The lowest BCUT2D eigenvalue weighted by Gasteiger charge is -2.20. The SMILES string of the molecule is CC(C)[C@@H](Nc1nc(Nc2cccc(Nn3cccn3)c2)c(C(N)=O)c(=O)[nH]1)C(N)=O. The number of hydrogen-bond acceptors (Lipinski definition) is 8. The second-order valence-corrected chi connectivity index (χ2v) is 7.04. The number of amides is 2. The Balaban J connectivity index is 1.94. The first-order valence-corrected chi connectivity index (χ1v) is 9.38. The zero-order valence-corrected chi connectivity index (χ0v) is 16.9. The Morgan fingerprint density at radius 2 is 1.90 bits per heavy atom. The van der Waals surface area contributed by atoms with Crippen LogP contribution in [0.1, 0.15) is 24.2 Å². The Morgan fingerprint density at radius 3 is 2.52 bits per heavy atom. The van der Waals surface area contributed by atoms with Gasteiger partial charge in [0.2, 0.25) is 11.9 Å². The number of anilines is 4. The highest BCUT2D eigenvalue weighted by molar-refractivity contribution is 5.98. The summed E-state index contributed by atoms with van der Waals surface area (Å²) in [5.41, 5.74) is 13.9. The summed E-state index contributed by atoms with van der Waals surface area (Å²) in [5.74, 6) is -1.82. The van der Waals surface area contributed by atoms with Crippen LogP contribution in [0.25, 0.3) is 0 Å². The molecule has 0 fully saturated rings. The van der Waals surface area contributed by atoms with E-state index < -0.39 is 23.4 Å². The largest absolute Gasteiger partial charge is 0.368 e. The summed E-state index contributed by atoms with van der Waals surface area (Å²) >= 11 is 0. The molecule has 0 saturated heterocycles. The van der Waals surface area contributed by atoms with E-state index in [4.69, 9.17) is 11.5 Å². The van der Waals surface area contributed by atoms with Crippen LogP contribution in [0.3, 0.4) is 0 Å². The molecule has 1 atom stereocenters. The highest BCUT2D eigenvalue weighted by atomic mass is 16.2. The summed E-state index contributed by atoms with van der Waals surface area (Å²) in [7, 11) is 0. The number of aromatic amines is 1. The van der Waals surface area contributed by atoms with E-state index in [0.29, 0.717) is 11.4 Å². The number of nitrogens with two attached hydrogens (primary N) is 2. The van der Waals surface area contributed by atoms with Gasteiger partial charge >= 0.3 is 0 Å². The van der Waals surface area contributed by atoms with Gasteiger partial charge < -0.3 is 22.1 Å². The van der Waals surface area contributed by atoms with E-state index in [0.717, 1.165) is 0 Å². The molecule has 12 heteroatoms. The van der Waals surface area contributed by atoms with Gasteiger partial charge in [-0.3, -0.25) is 24.8 Å². The van der Waals surface area contributed by atoms with Crippen LogP contribution in [-0.2, 0) is 4.79 Å². The molecule has 0 spiro atoms. The fourth-order valence-electron chi connectivity index (χ4n) is 2.84. The van der Waals surface area contributed by atoms with Crippen molar-refractivity contribution < 1.29 is 9.59 Å². The standard InChI is InChI=1S/C19H23N9O3/c1-10(2)14(16(21)30)24-19-25-17(13(15(20)29)18(31)26-19)23-11-5-3-6-12(9-11)27-28-8-4-7-22-28/h3-10,14,27H,1-2H3,(H2,20,29)(H2,21,30)(H3,23,24,25,26,31)/t14-/m1/s1. The Bertz CT molecular complexity index is 1140. The maximum absolute atomic E-state index is 12.5. The van der Waals surface area contributed by atoms with Gasteiger partial charge in [-0.1, -0.05) is 19.9 Å². The van der Waals surface area contributed by atoms with Crippen molar-refractivity contribution in [3.05, 3.63) is 58.6 Å². The second kappa shape index (κ2) is 8.98. The number of nitrogens with zero attached hydrogens (tertiary/aromatic N) is 3. The third-order valence-electron chi connectivity index (χ3n) is 4.30. The van der Waals surface area contributed by atoms with E-state index in [1.807, 2.05) is 0 Å². The molecule has 3 rings (SSSR count). The zero-order chi connectivity index (χ0) is 22.5. The summed E-state index contributed by atoms with van der Waals surface area (Å²) in [6.07, 6.45) is 3.35. The van der Waals surface area contributed by atoms with Crippen LogP contribution in [0.15, 0.2) is 47.5 Å². The summed E-state index contributed by atoms with van der Waals surface area (Å²) in [6, 6.07) is 7.99. The van der Waals surface area contributed by atoms with Gasteiger partial charge in [0.05, 0.1) is 11.9 Å². The minimum Gasteiger partial charge on any atom is -0.368 e. The average molecular weight is 425 g/mol. The Labute approximate surface area is 177 Å². The molecule has 0 aliphatic carbocycles. The van der Waals surface area contributed by atoms with Crippen LogP contribution >= 0.6 is 0 Å². The van der Waals surface area contributed by atoms with Gasteiger partial charge in [-0.15, -0.1) is 0 Å². The second-order valence-electron chi connectivity index (χ2n) is 7.04. The predicted molar refractivity (Wildman–Crippen MR) is 116 cm³/mol. The lowest BCUT2D eigenvalue weighted by Crippen LogP contribution is -2.40. The maximum atomic E-state index is 12.5. The van der Waals surface area contributed by atoms with Crippen molar-refractivity contribution in [3.8, 4) is 0 Å². The third kappa shape index (κ3) is 5.18. The molecule has 2 aromatic heterocycles. The minimum absolute atomic E-state index is 0.0270. The highest BCUT2D eigenvalue weighted by Gasteiger charge is 2.22. The molecule has 12 nitrogen and oxygen atoms in total. The molecule has 0 radical (unpaired) electrons. The number of primary amides is 2. The zero-order valence-electron chi connectivity index (χ0n) is 16.9. The van der Waals surface area contributed by atoms with Gasteiger partial charge in [-0.2, -0.15) is 14.9 Å². The molecule has 0 aliphatic rings. The predicted octanol–water partition coefficient (Wildman–Crippen LogP) is 0.606. The molecule has 8 N–H and O–H groups in total. The molecule has 2 amide bonds. The molecule has 31 heavy (non-hydrogen) atoms. The number of H-pyrrole nitrogens is 1. The van der Waals surface area contributed by atoms with E-state index in [1.54, 1.807) is 56.6 Å². The van der Waals surface area contributed by atoms with Gasteiger partial charge in [0.25, 0.3) is 11.5 Å². The van der Waals surface area contributed by atoms with E-state index >= 15 is 0 Å². The molecule has 3 aromatic rings. The minimum atomic E-state index is -0.955. The van der Waals surface area contributed by atoms with E-state index in [2.05, 4.69) is 31.1 Å². The number of rotatable bonds is 9. The van der Waals surface area contributed by atoms with Crippen molar-refractivity contribution in [1.82, 2.24) is 19.9 Å². The number of hydrogen-bond donors (Lipinski definition) is 6. The van der Waals surface area contributed by atoms with Crippen molar-refractivity contribution in [2.45, 2.75) is 19.9 Å². The fraction of sp³-hybridized carbons (Fsp3) is 0.211. The third-order valence-corrected chi connectivity index (χ3v) is 4.30. The quantitative estimate of drug-likeness (QED) is 0.288. The van der Waals surface area contributed by atoms with Gasteiger partial charge in [0.1, 0.15) is 11.6 Å². The normalized spacial score (nSPS) is 11.7. The van der Waals surface area contributed by atoms with E-state index in [9.17, 15) is 14.4 Å².